The van der Waals surface area contributed by atoms with Crippen LogP contribution in [0.1, 0.15) is 24.2 Å². The summed E-state index contributed by atoms with van der Waals surface area (Å²) in [5, 5.41) is 9.43. The molecule has 1 aliphatic carbocycles. The maximum Gasteiger partial charge on any atom is 0.225 e. The Balaban J connectivity index is 1.27. The summed E-state index contributed by atoms with van der Waals surface area (Å²) in [6.07, 6.45) is 9.27. The van der Waals surface area contributed by atoms with E-state index in [9.17, 15) is 0 Å². The molecule has 3 aromatic rings. The molecule has 1 saturated heterocycles. The number of pyridine rings is 1. The Hall–Kier alpha value is -2.25. The molecule has 8 heteroatoms. The Morgan fingerprint density at radius 3 is 2.56 bits per heavy atom. The van der Waals surface area contributed by atoms with Crippen molar-refractivity contribution in [3.8, 4) is 0 Å². The number of hydrogen-bond donors (Lipinski definition) is 0. The molecule has 0 unspecified atom stereocenters. The Bertz CT molecular complexity index is 930. The summed E-state index contributed by atoms with van der Waals surface area (Å²) < 4.78 is 2.05. The molecule has 3 aromatic heterocycles. The first-order valence-electron chi connectivity index (χ1n) is 9.53. The highest BCUT2D eigenvalue weighted by atomic mass is 35.5. The lowest BCUT2D eigenvalue weighted by Crippen LogP contribution is -2.46. The second-order valence-electron chi connectivity index (χ2n) is 7.42. The quantitative estimate of drug-likeness (QED) is 0.674. The average molecular weight is 384 g/mol. The second kappa shape index (κ2) is 7.05. The van der Waals surface area contributed by atoms with Crippen LogP contribution in [0.3, 0.4) is 0 Å². The van der Waals surface area contributed by atoms with Crippen molar-refractivity contribution < 1.29 is 0 Å². The molecule has 2 fully saturated rings. The fraction of sp³-hybridized carbons (Fsp3) is 0.474. The number of aromatic nitrogens is 5. The maximum atomic E-state index is 6.67. The normalized spacial score (nSPS) is 18.3. The molecule has 0 radical (unpaired) electrons. The molecule has 5 rings (SSSR count). The average Bonchev–Trinajstić information content (AvgIpc) is 3.44. The Kier molecular flexibility index (Phi) is 4.41. The number of fused-ring (bicyclic) bond motifs is 1. The zero-order valence-electron chi connectivity index (χ0n) is 15.1. The van der Waals surface area contributed by atoms with Crippen molar-refractivity contribution in [3.05, 3.63) is 47.1 Å². The van der Waals surface area contributed by atoms with Crippen molar-refractivity contribution >= 4 is 23.2 Å². The molecule has 1 aliphatic heterocycles. The lowest BCUT2D eigenvalue weighted by atomic mass is 10.2. The van der Waals surface area contributed by atoms with Crippen LogP contribution in [0.4, 0.5) is 5.95 Å². The van der Waals surface area contributed by atoms with E-state index in [-0.39, 0.29) is 0 Å². The van der Waals surface area contributed by atoms with E-state index in [4.69, 9.17) is 11.6 Å². The van der Waals surface area contributed by atoms with Crippen LogP contribution < -0.4 is 4.90 Å². The first kappa shape index (κ1) is 16.9. The highest BCUT2D eigenvalue weighted by molar-refractivity contribution is 6.34. The monoisotopic (exact) mass is 383 g/mol. The predicted octanol–water partition coefficient (Wildman–Crippen LogP) is 2.45. The van der Waals surface area contributed by atoms with E-state index in [1.165, 1.54) is 12.8 Å². The number of halogens is 1. The van der Waals surface area contributed by atoms with E-state index in [2.05, 4.69) is 46.6 Å². The smallest absolute Gasteiger partial charge is 0.225 e. The fourth-order valence-electron chi connectivity index (χ4n) is 3.65. The maximum absolute atomic E-state index is 6.67. The number of nitrogens with zero attached hydrogens (tertiary/aromatic N) is 7. The van der Waals surface area contributed by atoms with Crippen LogP contribution in [-0.4, -0.2) is 55.6 Å². The minimum absolute atomic E-state index is 0.723. The first-order chi connectivity index (χ1) is 13.3. The molecule has 0 atom stereocenters. The van der Waals surface area contributed by atoms with E-state index >= 15 is 0 Å². The van der Waals surface area contributed by atoms with Gasteiger partial charge in [-0.25, -0.2) is 9.97 Å². The number of anilines is 1. The van der Waals surface area contributed by atoms with Crippen LogP contribution in [0.25, 0.3) is 5.65 Å². The van der Waals surface area contributed by atoms with Gasteiger partial charge in [-0.3, -0.25) is 9.30 Å². The third-order valence-corrected chi connectivity index (χ3v) is 5.85. The highest BCUT2D eigenvalue weighted by Gasteiger charge is 2.25. The number of hydrogen-bond acceptors (Lipinski definition) is 6. The van der Waals surface area contributed by atoms with Gasteiger partial charge in [-0.2, -0.15) is 0 Å². The molecule has 0 N–H and O–H groups in total. The predicted molar refractivity (Wildman–Crippen MR) is 104 cm³/mol. The van der Waals surface area contributed by atoms with Crippen LogP contribution in [0, 0.1) is 5.92 Å². The molecule has 140 valence electrons. The summed E-state index contributed by atoms with van der Waals surface area (Å²) >= 11 is 6.67. The van der Waals surface area contributed by atoms with Crippen molar-refractivity contribution in [1.29, 1.82) is 0 Å². The van der Waals surface area contributed by atoms with Gasteiger partial charge in [0.15, 0.2) is 5.65 Å². The highest BCUT2D eigenvalue weighted by Crippen LogP contribution is 2.33. The summed E-state index contributed by atoms with van der Waals surface area (Å²) in [5.74, 6) is 2.61. The molecular formula is C19H22ClN7. The van der Waals surface area contributed by atoms with Gasteiger partial charge in [-0.15, -0.1) is 10.2 Å². The van der Waals surface area contributed by atoms with Gasteiger partial charge < -0.3 is 4.90 Å². The lowest BCUT2D eigenvalue weighted by Gasteiger charge is -2.34. The van der Waals surface area contributed by atoms with Gasteiger partial charge in [-0.1, -0.05) is 11.6 Å². The molecule has 0 bridgehead atoms. The Labute approximate surface area is 163 Å². The third kappa shape index (κ3) is 3.49. The van der Waals surface area contributed by atoms with Gasteiger partial charge in [0.25, 0.3) is 0 Å². The Morgan fingerprint density at radius 2 is 1.81 bits per heavy atom. The van der Waals surface area contributed by atoms with Gasteiger partial charge in [0.1, 0.15) is 5.82 Å². The van der Waals surface area contributed by atoms with Crippen molar-refractivity contribution in [2.24, 2.45) is 5.92 Å². The van der Waals surface area contributed by atoms with E-state index in [0.29, 0.717) is 0 Å². The first-order valence-corrected chi connectivity index (χ1v) is 9.91. The molecule has 0 aromatic carbocycles. The van der Waals surface area contributed by atoms with Crippen molar-refractivity contribution in [2.75, 3.05) is 31.1 Å². The minimum Gasteiger partial charge on any atom is -0.338 e. The van der Waals surface area contributed by atoms with Crippen molar-refractivity contribution in [1.82, 2.24) is 29.5 Å². The van der Waals surface area contributed by atoms with Crippen LogP contribution in [0.5, 0.6) is 0 Å². The van der Waals surface area contributed by atoms with E-state index in [1.807, 2.05) is 6.07 Å². The minimum atomic E-state index is 0.723. The molecule has 0 spiro atoms. The second-order valence-corrected chi connectivity index (χ2v) is 7.80. The van der Waals surface area contributed by atoms with Crippen LogP contribution in [-0.2, 0) is 13.0 Å². The topological polar surface area (TPSA) is 62.5 Å². The summed E-state index contributed by atoms with van der Waals surface area (Å²) in [4.78, 5) is 13.3. The van der Waals surface area contributed by atoms with Crippen LogP contribution in [0.15, 0.2) is 30.7 Å². The van der Waals surface area contributed by atoms with Crippen LogP contribution in [0.2, 0.25) is 5.02 Å². The summed E-state index contributed by atoms with van der Waals surface area (Å²) in [5.41, 5.74) is 1.89. The summed E-state index contributed by atoms with van der Waals surface area (Å²) in [6.45, 7) is 4.57. The van der Waals surface area contributed by atoms with Crippen LogP contribution >= 0.6 is 11.6 Å². The standard InChI is InChI=1S/C19H22ClN7/c20-17-15(4-7-27-16(12-14-2-3-14)23-24-18(17)27)13-25-8-10-26(11-9-25)19-21-5-1-6-22-19/h1,4-7,14H,2-3,8-13H2. The fourth-order valence-corrected chi connectivity index (χ4v) is 3.91. The molecule has 1 saturated carbocycles. The lowest BCUT2D eigenvalue weighted by molar-refractivity contribution is 0.248. The van der Waals surface area contributed by atoms with Gasteiger partial charge in [0.2, 0.25) is 5.95 Å². The van der Waals surface area contributed by atoms with Crippen molar-refractivity contribution in [2.45, 2.75) is 25.8 Å². The van der Waals surface area contributed by atoms with Gasteiger partial charge in [0.05, 0.1) is 5.02 Å². The van der Waals surface area contributed by atoms with Gasteiger partial charge in [0, 0.05) is 57.7 Å². The Morgan fingerprint density at radius 1 is 1.04 bits per heavy atom. The largest absolute Gasteiger partial charge is 0.338 e. The van der Waals surface area contributed by atoms with Crippen molar-refractivity contribution in [3.63, 3.8) is 0 Å². The molecule has 27 heavy (non-hydrogen) atoms. The zero-order chi connectivity index (χ0) is 18.2. The van der Waals surface area contributed by atoms with E-state index in [1.54, 1.807) is 12.4 Å². The molecule has 4 heterocycles. The van der Waals surface area contributed by atoms with Gasteiger partial charge >= 0.3 is 0 Å². The summed E-state index contributed by atoms with van der Waals surface area (Å²) in [7, 11) is 0. The molecular weight excluding hydrogens is 362 g/mol. The number of piperazine rings is 1. The zero-order valence-corrected chi connectivity index (χ0v) is 15.9. The van der Waals surface area contributed by atoms with Gasteiger partial charge in [-0.05, 0) is 36.5 Å². The SMILES string of the molecule is Clc1c(CN2CCN(c3ncccn3)CC2)ccn2c(CC3CC3)nnc12. The molecule has 2 aliphatic rings. The third-order valence-electron chi connectivity index (χ3n) is 5.44. The van der Waals surface area contributed by atoms with E-state index in [0.717, 1.165) is 73.1 Å². The summed E-state index contributed by atoms with van der Waals surface area (Å²) in [6, 6.07) is 3.96. The molecule has 0 amide bonds. The molecule has 7 nitrogen and oxygen atoms in total. The number of rotatable bonds is 5. The van der Waals surface area contributed by atoms with E-state index < -0.39 is 0 Å².